The van der Waals surface area contributed by atoms with Crippen LogP contribution < -0.4 is 0 Å². The average molecular weight is 388 g/mol. The molecule has 1 fully saturated rings. The number of aryl methyl sites for hydroxylation is 1. The van der Waals surface area contributed by atoms with Crippen molar-refractivity contribution in [1.82, 2.24) is 9.21 Å². The molecule has 3 rings (SSSR count). The molecule has 0 spiro atoms. The second-order valence-electron chi connectivity index (χ2n) is 6.49. The molecule has 142 valence electrons. The minimum absolute atomic E-state index is 0.109. The molecular formula is C19H20N2O5S. The van der Waals surface area contributed by atoms with Crippen molar-refractivity contribution in [3.8, 4) is 0 Å². The third kappa shape index (κ3) is 3.40. The van der Waals surface area contributed by atoms with Crippen molar-refractivity contribution in [3.05, 3.63) is 65.7 Å². The molecule has 2 atom stereocenters. The third-order valence-corrected chi connectivity index (χ3v) is 6.50. The number of benzene rings is 2. The Morgan fingerprint density at radius 1 is 1.11 bits per heavy atom. The highest BCUT2D eigenvalue weighted by Crippen LogP contribution is 2.31. The van der Waals surface area contributed by atoms with E-state index in [-0.39, 0.29) is 11.4 Å². The lowest BCUT2D eigenvalue weighted by Crippen LogP contribution is -2.43. The molecule has 0 aliphatic carbocycles. The van der Waals surface area contributed by atoms with E-state index in [2.05, 4.69) is 0 Å². The Morgan fingerprint density at radius 3 is 2.26 bits per heavy atom. The minimum Gasteiger partial charge on any atom is -0.480 e. The summed E-state index contributed by atoms with van der Waals surface area (Å²) < 4.78 is 26.5. The number of carbonyl (C=O) groups excluding carboxylic acids is 1. The first-order valence-corrected chi connectivity index (χ1v) is 9.87. The van der Waals surface area contributed by atoms with E-state index in [1.807, 2.05) is 30.3 Å². The number of amides is 2. The van der Waals surface area contributed by atoms with Crippen LogP contribution in [0.1, 0.15) is 24.1 Å². The standard InChI is InChI=1S/C19H20N2O5S/c1-13-8-10-16(11-9-13)27(25,26)21-17(18(22)23)12-20(19(21)24)14(2)15-6-4-3-5-7-15/h3-11,14,17H,12H2,1-2H3,(H,22,23)/t14-,17?/m1/s1. The van der Waals surface area contributed by atoms with E-state index in [0.717, 1.165) is 11.1 Å². The van der Waals surface area contributed by atoms with E-state index in [9.17, 15) is 23.1 Å². The van der Waals surface area contributed by atoms with Gasteiger partial charge in [-0.3, -0.25) is 0 Å². The number of hydrogen-bond acceptors (Lipinski definition) is 4. The summed E-state index contributed by atoms with van der Waals surface area (Å²) in [6.45, 7) is 3.34. The molecule has 27 heavy (non-hydrogen) atoms. The predicted octanol–water partition coefficient (Wildman–Crippen LogP) is 2.64. The maximum atomic E-state index is 13.0. The monoisotopic (exact) mass is 388 g/mol. The molecule has 1 aliphatic heterocycles. The number of carboxylic acid groups (broad SMARTS) is 1. The van der Waals surface area contributed by atoms with Crippen molar-refractivity contribution in [2.45, 2.75) is 30.8 Å². The largest absolute Gasteiger partial charge is 0.480 e. The molecule has 1 N–H and O–H groups in total. The van der Waals surface area contributed by atoms with Gasteiger partial charge in [-0.05, 0) is 31.5 Å². The van der Waals surface area contributed by atoms with Crippen molar-refractivity contribution >= 4 is 22.0 Å². The number of urea groups is 1. The summed E-state index contributed by atoms with van der Waals surface area (Å²) in [6.07, 6.45) is 0. The molecular weight excluding hydrogens is 368 g/mol. The van der Waals surface area contributed by atoms with Crippen molar-refractivity contribution in [2.24, 2.45) is 0 Å². The van der Waals surface area contributed by atoms with Crippen LogP contribution in [-0.4, -0.2) is 47.3 Å². The van der Waals surface area contributed by atoms with Crippen molar-refractivity contribution in [1.29, 1.82) is 0 Å². The van der Waals surface area contributed by atoms with Gasteiger partial charge < -0.3 is 10.0 Å². The Hall–Kier alpha value is -2.87. The van der Waals surface area contributed by atoms with Crippen LogP contribution in [0.2, 0.25) is 0 Å². The highest BCUT2D eigenvalue weighted by atomic mass is 32.2. The van der Waals surface area contributed by atoms with Gasteiger partial charge in [0.2, 0.25) is 0 Å². The van der Waals surface area contributed by atoms with Gasteiger partial charge >= 0.3 is 12.0 Å². The molecule has 0 saturated carbocycles. The summed E-state index contributed by atoms with van der Waals surface area (Å²) in [7, 11) is -4.29. The van der Waals surface area contributed by atoms with Gasteiger partial charge in [-0.15, -0.1) is 0 Å². The quantitative estimate of drug-likeness (QED) is 0.850. The van der Waals surface area contributed by atoms with E-state index >= 15 is 0 Å². The molecule has 1 unspecified atom stereocenters. The number of rotatable bonds is 5. The molecule has 8 heteroatoms. The van der Waals surface area contributed by atoms with E-state index in [4.69, 9.17) is 0 Å². The SMILES string of the molecule is Cc1ccc(S(=O)(=O)N2C(=O)N([C@H](C)c3ccccc3)CC2C(=O)O)cc1. The first kappa shape index (κ1) is 18.9. The van der Waals surface area contributed by atoms with Crippen LogP contribution in [0.5, 0.6) is 0 Å². The lowest BCUT2D eigenvalue weighted by atomic mass is 10.1. The van der Waals surface area contributed by atoms with Crippen LogP contribution in [-0.2, 0) is 14.8 Å². The molecule has 1 saturated heterocycles. The van der Waals surface area contributed by atoms with Gasteiger partial charge in [0.15, 0.2) is 6.04 Å². The second-order valence-corrected chi connectivity index (χ2v) is 8.30. The summed E-state index contributed by atoms with van der Waals surface area (Å²) in [6, 6.07) is 12.3. The Bertz CT molecular complexity index is 957. The molecule has 2 aromatic carbocycles. The van der Waals surface area contributed by atoms with Crippen LogP contribution in [0.25, 0.3) is 0 Å². The summed E-state index contributed by atoms with van der Waals surface area (Å²) in [5, 5.41) is 9.54. The Kier molecular flexibility index (Phi) is 4.93. The highest BCUT2D eigenvalue weighted by molar-refractivity contribution is 7.89. The zero-order valence-electron chi connectivity index (χ0n) is 14.9. The summed E-state index contributed by atoms with van der Waals surface area (Å²) in [4.78, 5) is 25.8. The van der Waals surface area contributed by atoms with Crippen LogP contribution >= 0.6 is 0 Å². The lowest BCUT2D eigenvalue weighted by Gasteiger charge is -2.25. The van der Waals surface area contributed by atoms with Crippen LogP contribution in [0.3, 0.4) is 0 Å². The molecule has 7 nitrogen and oxygen atoms in total. The zero-order valence-corrected chi connectivity index (χ0v) is 15.8. The summed E-state index contributed by atoms with van der Waals surface area (Å²) in [5.41, 5.74) is 1.65. The van der Waals surface area contributed by atoms with Crippen LogP contribution in [0, 0.1) is 6.92 Å². The van der Waals surface area contributed by atoms with Gasteiger partial charge in [-0.25, -0.2) is 22.3 Å². The van der Waals surface area contributed by atoms with Gasteiger partial charge in [0.1, 0.15) is 0 Å². The predicted molar refractivity (Wildman–Crippen MR) is 98.6 cm³/mol. The summed E-state index contributed by atoms with van der Waals surface area (Å²) in [5.74, 6) is -1.36. The smallest absolute Gasteiger partial charge is 0.335 e. The fourth-order valence-electron chi connectivity index (χ4n) is 3.11. The van der Waals surface area contributed by atoms with Gasteiger partial charge in [0.25, 0.3) is 10.0 Å². The molecule has 1 heterocycles. The Labute approximate surface area is 157 Å². The van der Waals surface area contributed by atoms with E-state index in [0.29, 0.717) is 4.31 Å². The Balaban J connectivity index is 2.00. The van der Waals surface area contributed by atoms with Gasteiger partial charge in [0.05, 0.1) is 17.5 Å². The zero-order chi connectivity index (χ0) is 19.8. The number of nitrogens with zero attached hydrogens (tertiary/aromatic N) is 2. The number of hydrogen-bond donors (Lipinski definition) is 1. The average Bonchev–Trinajstić information content (AvgIpc) is 3.00. The molecule has 2 aromatic rings. The maximum Gasteiger partial charge on any atom is 0.335 e. The maximum absolute atomic E-state index is 13.0. The minimum atomic E-state index is -4.29. The summed E-state index contributed by atoms with van der Waals surface area (Å²) >= 11 is 0. The van der Waals surface area contributed by atoms with E-state index in [1.54, 1.807) is 26.0 Å². The molecule has 2 amide bonds. The van der Waals surface area contributed by atoms with Gasteiger partial charge in [0, 0.05) is 0 Å². The normalized spacial score (nSPS) is 18.6. The fourth-order valence-corrected chi connectivity index (χ4v) is 4.62. The first-order valence-electron chi connectivity index (χ1n) is 8.43. The second kappa shape index (κ2) is 7.03. The number of aliphatic carboxylic acids is 1. The van der Waals surface area contributed by atoms with E-state index < -0.39 is 34.1 Å². The highest BCUT2D eigenvalue weighted by Gasteiger charge is 2.50. The van der Waals surface area contributed by atoms with Crippen molar-refractivity contribution < 1.29 is 23.1 Å². The molecule has 1 aliphatic rings. The first-order chi connectivity index (χ1) is 12.7. The molecule has 0 aromatic heterocycles. The fraction of sp³-hybridized carbons (Fsp3) is 0.263. The molecule has 0 bridgehead atoms. The lowest BCUT2D eigenvalue weighted by molar-refractivity contribution is -0.140. The number of carbonyl (C=O) groups is 2. The Morgan fingerprint density at radius 2 is 1.70 bits per heavy atom. The van der Waals surface area contributed by atoms with Crippen LogP contribution in [0.4, 0.5) is 4.79 Å². The van der Waals surface area contributed by atoms with Gasteiger partial charge in [-0.2, -0.15) is 0 Å². The number of sulfonamides is 1. The van der Waals surface area contributed by atoms with Crippen molar-refractivity contribution in [2.75, 3.05) is 6.54 Å². The van der Waals surface area contributed by atoms with Gasteiger partial charge in [-0.1, -0.05) is 48.0 Å². The number of carboxylic acids is 1. The van der Waals surface area contributed by atoms with Crippen molar-refractivity contribution in [3.63, 3.8) is 0 Å². The van der Waals surface area contributed by atoms with Crippen LogP contribution in [0.15, 0.2) is 59.5 Å². The molecule has 0 radical (unpaired) electrons. The third-order valence-electron chi connectivity index (χ3n) is 4.70. The topological polar surface area (TPSA) is 95.0 Å². The van der Waals surface area contributed by atoms with E-state index in [1.165, 1.54) is 17.0 Å².